The topological polar surface area (TPSA) is 86.8 Å². The highest BCUT2D eigenvalue weighted by molar-refractivity contribution is 6.06. The van der Waals surface area contributed by atoms with Gasteiger partial charge in [0.15, 0.2) is 5.82 Å². The number of fused-ring (bicyclic) bond motifs is 2. The van der Waals surface area contributed by atoms with Crippen molar-refractivity contribution in [1.29, 1.82) is 0 Å². The van der Waals surface area contributed by atoms with E-state index >= 15 is 0 Å². The fraction of sp³-hybridized carbons (Fsp3) is 0.238. The van der Waals surface area contributed by atoms with E-state index in [0.717, 1.165) is 16.6 Å². The molecule has 9 heteroatoms. The number of anilines is 2. The number of halogens is 2. The number of likely N-dealkylation sites (tertiary alicyclic amines) is 1. The summed E-state index contributed by atoms with van der Waals surface area (Å²) in [6.45, 7) is -0.256. The monoisotopic (exact) mass is 408 g/mol. The van der Waals surface area contributed by atoms with Gasteiger partial charge in [-0.3, -0.25) is 19.9 Å². The minimum atomic E-state index is -2.85. The average molecular weight is 408 g/mol. The van der Waals surface area contributed by atoms with E-state index in [-0.39, 0.29) is 18.5 Å². The molecule has 30 heavy (non-hydrogen) atoms. The third-order valence-corrected chi connectivity index (χ3v) is 5.23. The summed E-state index contributed by atoms with van der Waals surface area (Å²) in [6, 6.07) is 10.9. The number of carbonyl (C=O) groups excluding carboxylic acids is 1. The molecular weight excluding hydrogens is 390 g/mol. The van der Waals surface area contributed by atoms with Gasteiger partial charge in [0.05, 0.1) is 12.1 Å². The van der Waals surface area contributed by atoms with E-state index in [9.17, 15) is 13.6 Å². The maximum Gasteiger partial charge on any atom is 0.273 e. The summed E-state index contributed by atoms with van der Waals surface area (Å²) in [5.74, 6) is -2.73. The number of amides is 1. The molecule has 4 aromatic rings. The second kappa shape index (κ2) is 7.01. The predicted octanol–water partition coefficient (Wildman–Crippen LogP) is 4.12. The summed E-state index contributed by atoms with van der Waals surface area (Å²) in [5, 5.41) is 11.8. The molecule has 1 aliphatic rings. The van der Waals surface area contributed by atoms with Crippen LogP contribution >= 0.6 is 0 Å². The lowest BCUT2D eigenvalue weighted by Gasteiger charge is -2.32. The Bertz CT molecular complexity index is 1250. The number of carbonyl (C=O) groups is 1. The summed E-state index contributed by atoms with van der Waals surface area (Å²) in [5.41, 5.74) is 2.48. The molecule has 1 fully saturated rings. The highest BCUT2D eigenvalue weighted by atomic mass is 19.3. The summed E-state index contributed by atoms with van der Waals surface area (Å²) in [6.07, 6.45) is 3.30. The molecule has 1 saturated heterocycles. The Balaban J connectivity index is 1.46. The maximum atomic E-state index is 13.8. The normalized spacial score (nSPS) is 16.1. The molecule has 1 aliphatic heterocycles. The van der Waals surface area contributed by atoms with E-state index < -0.39 is 18.4 Å². The summed E-state index contributed by atoms with van der Waals surface area (Å²) in [4.78, 5) is 22.6. The quantitative estimate of drug-likeness (QED) is 0.533. The largest absolute Gasteiger partial charge is 0.337 e. The maximum absolute atomic E-state index is 13.8. The standard InChI is InChI=1S/C21H18F2N6O/c22-21(23)7-2-10-29(12-21)20(30)17-15-5-4-14(11-13(15)6-9-25-17)26-19-18-16(27-28-19)3-1-8-24-18/h1,3-6,8-9,11H,2,7,10,12H2,(H2,26,27,28). The molecule has 0 atom stereocenters. The minimum Gasteiger partial charge on any atom is -0.337 e. The summed E-state index contributed by atoms with van der Waals surface area (Å²) < 4.78 is 27.5. The molecule has 4 heterocycles. The molecule has 0 aliphatic carbocycles. The number of hydrogen-bond donors (Lipinski definition) is 2. The molecule has 152 valence electrons. The predicted molar refractivity (Wildman–Crippen MR) is 109 cm³/mol. The number of piperidine rings is 1. The van der Waals surface area contributed by atoms with Gasteiger partial charge in [0.2, 0.25) is 0 Å². The second-order valence-electron chi connectivity index (χ2n) is 7.38. The molecule has 2 N–H and O–H groups in total. The summed E-state index contributed by atoms with van der Waals surface area (Å²) >= 11 is 0. The molecule has 0 radical (unpaired) electrons. The molecular formula is C21H18F2N6O. The Morgan fingerprint density at radius 1 is 1.17 bits per heavy atom. The van der Waals surface area contributed by atoms with Crippen LogP contribution in [0.5, 0.6) is 0 Å². The number of aromatic amines is 1. The molecule has 1 amide bonds. The van der Waals surface area contributed by atoms with Crippen LogP contribution in [-0.2, 0) is 0 Å². The molecule has 7 nitrogen and oxygen atoms in total. The lowest BCUT2D eigenvalue weighted by Crippen LogP contribution is -2.45. The first-order valence-corrected chi connectivity index (χ1v) is 9.62. The Morgan fingerprint density at radius 2 is 2.07 bits per heavy atom. The molecule has 5 rings (SSSR count). The Labute approximate surface area is 170 Å². The van der Waals surface area contributed by atoms with Crippen molar-refractivity contribution in [2.45, 2.75) is 18.8 Å². The smallest absolute Gasteiger partial charge is 0.273 e. The van der Waals surface area contributed by atoms with Crippen molar-refractivity contribution in [2.75, 3.05) is 18.4 Å². The van der Waals surface area contributed by atoms with Crippen LogP contribution in [0.2, 0.25) is 0 Å². The highest BCUT2D eigenvalue weighted by Gasteiger charge is 2.37. The van der Waals surface area contributed by atoms with Gasteiger partial charge in [-0.15, -0.1) is 0 Å². The van der Waals surface area contributed by atoms with E-state index in [1.807, 2.05) is 18.2 Å². The van der Waals surface area contributed by atoms with Crippen molar-refractivity contribution in [3.05, 3.63) is 54.5 Å². The highest BCUT2D eigenvalue weighted by Crippen LogP contribution is 2.30. The number of aromatic nitrogens is 4. The molecule has 0 bridgehead atoms. The lowest BCUT2D eigenvalue weighted by atomic mass is 10.0. The minimum absolute atomic E-state index is 0.184. The van der Waals surface area contributed by atoms with Gasteiger partial charge in [-0.05, 0) is 48.2 Å². The van der Waals surface area contributed by atoms with Gasteiger partial charge in [-0.2, -0.15) is 5.10 Å². The Kier molecular flexibility index (Phi) is 4.30. The molecule has 0 saturated carbocycles. The van der Waals surface area contributed by atoms with Crippen LogP contribution in [0.4, 0.5) is 20.3 Å². The van der Waals surface area contributed by atoms with Gasteiger partial charge in [-0.1, -0.05) is 0 Å². The van der Waals surface area contributed by atoms with E-state index in [4.69, 9.17) is 0 Å². The molecule has 0 unspecified atom stereocenters. The zero-order chi connectivity index (χ0) is 20.7. The van der Waals surface area contributed by atoms with Crippen LogP contribution in [0.3, 0.4) is 0 Å². The van der Waals surface area contributed by atoms with Gasteiger partial charge in [0, 0.05) is 36.4 Å². The van der Waals surface area contributed by atoms with Crippen molar-refractivity contribution >= 4 is 39.2 Å². The molecule has 1 aromatic carbocycles. The van der Waals surface area contributed by atoms with Gasteiger partial charge in [-0.25, -0.2) is 8.78 Å². The number of nitrogens with one attached hydrogen (secondary N) is 2. The average Bonchev–Trinajstić information content (AvgIpc) is 3.15. The van der Waals surface area contributed by atoms with Crippen molar-refractivity contribution in [1.82, 2.24) is 25.1 Å². The van der Waals surface area contributed by atoms with Crippen LogP contribution in [0, 0.1) is 0 Å². The van der Waals surface area contributed by atoms with Crippen molar-refractivity contribution in [3.63, 3.8) is 0 Å². The SMILES string of the molecule is O=C(c1nccc2cc(Nc3n[nH]c4cccnc34)ccc12)N1CCCC(F)(F)C1. The Hall–Kier alpha value is -3.62. The number of nitrogens with zero attached hydrogens (tertiary/aromatic N) is 4. The van der Waals surface area contributed by atoms with Crippen LogP contribution in [0.25, 0.3) is 21.8 Å². The lowest BCUT2D eigenvalue weighted by molar-refractivity contribution is -0.0561. The van der Waals surface area contributed by atoms with Crippen LogP contribution in [0.15, 0.2) is 48.8 Å². The fourth-order valence-corrected chi connectivity index (χ4v) is 3.79. The van der Waals surface area contributed by atoms with E-state index in [1.165, 1.54) is 11.1 Å². The van der Waals surface area contributed by atoms with Crippen molar-refractivity contribution in [2.24, 2.45) is 0 Å². The molecule has 3 aromatic heterocycles. The zero-order valence-electron chi connectivity index (χ0n) is 15.9. The number of alkyl halides is 2. The van der Waals surface area contributed by atoms with Gasteiger partial charge < -0.3 is 10.2 Å². The fourth-order valence-electron chi connectivity index (χ4n) is 3.79. The van der Waals surface area contributed by atoms with Crippen LogP contribution in [0.1, 0.15) is 23.3 Å². The van der Waals surface area contributed by atoms with E-state index in [1.54, 1.807) is 24.4 Å². The van der Waals surface area contributed by atoms with Gasteiger partial charge in [0.25, 0.3) is 11.8 Å². The Morgan fingerprint density at radius 3 is 2.93 bits per heavy atom. The van der Waals surface area contributed by atoms with E-state index in [0.29, 0.717) is 23.3 Å². The zero-order valence-corrected chi connectivity index (χ0v) is 15.9. The first-order chi connectivity index (χ1) is 14.5. The molecule has 0 spiro atoms. The number of benzene rings is 1. The third-order valence-electron chi connectivity index (χ3n) is 5.23. The number of H-pyrrole nitrogens is 1. The number of rotatable bonds is 3. The van der Waals surface area contributed by atoms with Crippen LogP contribution < -0.4 is 5.32 Å². The third kappa shape index (κ3) is 3.32. The summed E-state index contributed by atoms with van der Waals surface area (Å²) in [7, 11) is 0. The second-order valence-corrected chi connectivity index (χ2v) is 7.38. The van der Waals surface area contributed by atoms with Crippen molar-refractivity contribution < 1.29 is 13.6 Å². The number of pyridine rings is 2. The van der Waals surface area contributed by atoms with E-state index in [2.05, 4.69) is 25.5 Å². The van der Waals surface area contributed by atoms with Gasteiger partial charge in [0.1, 0.15) is 11.2 Å². The van der Waals surface area contributed by atoms with Crippen molar-refractivity contribution in [3.8, 4) is 0 Å². The number of hydrogen-bond acceptors (Lipinski definition) is 5. The van der Waals surface area contributed by atoms with Crippen LogP contribution in [-0.4, -0.2) is 50.0 Å². The van der Waals surface area contributed by atoms with Gasteiger partial charge >= 0.3 is 0 Å². The first-order valence-electron chi connectivity index (χ1n) is 9.62. The first kappa shape index (κ1) is 18.4.